The lowest BCUT2D eigenvalue weighted by Crippen LogP contribution is -2.46. The standard InChI is InChI=1S/C19H22Cl2N2O4S/c1-12-8-17(16(21)10-15(12)20)28(26,27)23-14-6-4-13(5-7-14)9-18(25)22-19(2,3)11-24/h4-8,10,23-24H,9,11H2,1-3H3,(H,22,25). The number of benzene rings is 2. The van der Waals surface area contributed by atoms with E-state index in [1.807, 2.05) is 0 Å². The first-order chi connectivity index (χ1) is 12.9. The predicted molar refractivity (Wildman–Crippen MR) is 111 cm³/mol. The van der Waals surface area contributed by atoms with Crippen LogP contribution in [0.4, 0.5) is 5.69 Å². The molecule has 6 nitrogen and oxygen atoms in total. The molecule has 3 N–H and O–H groups in total. The number of hydrogen-bond donors (Lipinski definition) is 3. The molecule has 0 aliphatic carbocycles. The van der Waals surface area contributed by atoms with Crippen LogP contribution in [-0.2, 0) is 21.2 Å². The molecule has 0 saturated heterocycles. The molecule has 0 fully saturated rings. The van der Waals surface area contributed by atoms with Crippen molar-refractivity contribution >= 4 is 44.8 Å². The number of hydrogen-bond acceptors (Lipinski definition) is 4. The quantitative estimate of drug-likeness (QED) is 0.608. The van der Waals surface area contributed by atoms with Crippen molar-refractivity contribution in [2.24, 2.45) is 0 Å². The molecule has 9 heteroatoms. The highest BCUT2D eigenvalue weighted by Gasteiger charge is 2.21. The number of sulfonamides is 1. The van der Waals surface area contributed by atoms with Crippen molar-refractivity contribution in [2.75, 3.05) is 11.3 Å². The van der Waals surface area contributed by atoms with Gasteiger partial charge in [0.05, 0.1) is 23.6 Å². The Balaban J connectivity index is 2.12. The summed E-state index contributed by atoms with van der Waals surface area (Å²) < 4.78 is 27.7. The average Bonchev–Trinajstić information content (AvgIpc) is 2.59. The SMILES string of the molecule is Cc1cc(S(=O)(=O)Nc2ccc(CC(=O)NC(C)(C)CO)cc2)c(Cl)cc1Cl. The summed E-state index contributed by atoms with van der Waals surface area (Å²) in [7, 11) is -3.89. The van der Waals surface area contributed by atoms with Crippen LogP contribution in [0.1, 0.15) is 25.0 Å². The minimum Gasteiger partial charge on any atom is -0.394 e. The maximum Gasteiger partial charge on any atom is 0.263 e. The Morgan fingerprint density at radius 1 is 1.11 bits per heavy atom. The Bertz CT molecular complexity index is 974. The van der Waals surface area contributed by atoms with Gasteiger partial charge in [-0.2, -0.15) is 0 Å². The second kappa shape index (κ2) is 8.69. The zero-order valence-corrected chi connectivity index (χ0v) is 18.0. The first-order valence-electron chi connectivity index (χ1n) is 8.43. The molecule has 0 aliphatic rings. The average molecular weight is 445 g/mol. The molecule has 28 heavy (non-hydrogen) atoms. The molecule has 0 aliphatic heterocycles. The molecule has 1 amide bonds. The molecule has 2 rings (SSSR count). The largest absolute Gasteiger partial charge is 0.394 e. The molecule has 0 spiro atoms. The lowest BCUT2D eigenvalue weighted by molar-refractivity contribution is -0.122. The van der Waals surface area contributed by atoms with Gasteiger partial charge in [-0.05, 0) is 56.2 Å². The number of carbonyl (C=O) groups excluding carboxylic acids is 1. The van der Waals surface area contributed by atoms with E-state index in [-0.39, 0.29) is 28.9 Å². The smallest absolute Gasteiger partial charge is 0.263 e. The van der Waals surface area contributed by atoms with E-state index < -0.39 is 15.6 Å². The summed E-state index contributed by atoms with van der Waals surface area (Å²) in [5.41, 5.74) is 0.930. The molecule has 0 atom stereocenters. The van der Waals surface area contributed by atoms with Crippen LogP contribution in [0.2, 0.25) is 10.0 Å². The summed E-state index contributed by atoms with van der Waals surface area (Å²) in [6.45, 7) is 4.95. The maximum atomic E-state index is 12.6. The van der Waals surface area contributed by atoms with Gasteiger partial charge in [0.1, 0.15) is 4.90 Å². The zero-order chi connectivity index (χ0) is 21.1. The molecule has 0 heterocycles. The van der Waals surface area contributed by atoms with Crippen molar-refractivity contribution in [3.63, 3.8) is 0 Å². The Hall–Kier alpha value is -1.80. The van der Waals surface area contributed by atoms with E-state index in [0.717, 1.165) is 0 Å². The number of aliphatic hydroxyl groups is 1. The molecular formula is C19H22Cl2N2O4S. The van der Waals surface area contributed by atoms with Gasteiger partial charge in [0.25, 0.3) is 10.0 Å². The van der Waals surface area contributed by atoms with Crippen molar-refractivity contribution in [1.29, 1.82) is 0 Å². The minimum absolute atomic E-state index is 0.0305. The molecular weight excluding hydrogens is 423 g/mol. The Morgan fingerprint density at radius 2 is 1.71 bits per heavy atom. The summed E-state index contributed by atoms with van der Waals surface area (Å²) in [5.74, 6) is -0.240. The van der Waals surface area contributed by atoms with Gasteiger partial charge >= 0.3 is 0 Å². The van der Waals surface area contributed by atoms with E-state index >= 15 is 0 Å². The summed E-state index contributed by atoms with van der Waals surface area (Å²) in [4.78, 5) is 12.0. The van der Waals surface area contributed by atoms with E-state index in [1.54, 1.807) is 45.0 Å². The highest BCUT2D eigenvalue weighted by molar-refractivity contribution is 7.92. The summed E-state index contributed by atoms with van der Waals surface area (Å²) in [6.07, 6.45) is 0.110. The summed E-state index contributed by atoms with van der Waals surface area (Å²) in [5, 5.41) is 12.3. The lowest BCUT2D eigenvalue weighted by atomic mass is 10.1. The molecule has 2 aromatic rings. The number of aryl methyl sites for hydroxylation is 1. The third-order valence-corrected chi connectivity index (χ3v) is 6.20. The van der Waals surface area contributed by atoms with E-state index in [2.05, 4.69) is 10.0 Å². The van der Waals surface area contributed by atoms with Crippen LogP contribution in [0.5, 0.6) is 0 Å². The number of carbonyl (C=O) groups is 1. The van der Waals surface area contributed by atoms with Crippen LogP contribution in [0, 0.1) is 6.92 Å². The van der Waals surface area contributed by atoms with E-state index in [1.165, 1.54) is 12.1 Å². The van der Waals surface area contributed by atoms with Gasteiger partial charge in [0, 0.05) is 10.7 Å². The topological polar surface area (TPSA) is 95.5 Å². The minimum atomic E-state index is -3.89. The van der Waals surface area contributed by atoms with Crippen LogP contribution >= 0.6 is 23.2 Å². The zero-order valence-electron chi connectivity index (χ0n) is 15.7. The van der Waals surface area contributed by atoms with Crippen LogP contribution < -0.4 is 10.0 Å². The van der Waals surface area contributed by atoms with E-state index in [9.17, 15) is 18.3 Å². The molecule has 0 unspecified atom stereocenters. The molecule has 0 aromatic heterocycles. The van der Waals surface area contributed by atoms with E-state index in [0.29, 0.717) is 21.8 Å². The predicted octanol–water partition coefficient (Wildman–Crippen LogP) is 3.53. The number of amides is 1. The number of aliphatic hydroxyl groups excluding tert-OH is 1. The molecule has 152 valence electrons. The molecule has 0 radical (unpaired) electrons. The number of halogens is 2. The van der Waals surface area contributed by atoms with Gasteiger partial charge in [-0.1, -0.05) is 35.3 Å². The molecule has 0 bridgehead atoms. The fourth-order valence-electron chi connectivity index (χ4n) is 2.38. The Kier molecular flexibility index (Phi) is 6.98. The first-order valence-corrected chi connectivity index (χ1v) is 10.7. The van der Waals surface area contributed by atoms with Gasteiger partial charge in [0.15, 0.2) is 0 Å². The normalized spacial score (nSPS) is 11.9. The van der Waals surface area contributed by atoms with Crippen LogP contribution in [0.3, 0.4) is 0 Å². The van der Waals surface area contributed by atoms with E-state index in [4.69, 9.17) is 23.2 Å². The number of anilines is 1. The highest BCUT2D eigenvalue weighted by atomic mass is 35.5. The second-order valence-corrected chi connectivity index (χ2v) is 9.57. The molecule has 0 saturated carbocycles. The van der Waals surface area contributed by atoms with Crippen molar-refractivity contribution in [3.05, 3.63) is 57.6 Å². The first kappa shape index (κ1) is 22.5. The van der Waals surface area contributed by atoms with Crippen molar-refractivity contribution in [3.8, 4) is 0 Å². The fraction of sp³-hybridized carbons (Fsp3) is 0.316. The van der Waals surface area contributed by atoms with Crippen LogP contribution in [0.15, 0.2) is 41.3 Å². The van der Waals surface area contributed by atoms with Crippen LogP contribution in [0.25, 0.3) is 0 Å². The van der Waals surface area contributed by atoms with Gasteiger partial charge in [-0.25, -0.2) is 8.42 Å². The van der Waals surface area contributed by atoms with Crippen molar-refractivity contribution in [1.82, 2.24) is 5.32 Å². The maximum absolute atomic E-state index is 12.6. The summed E-state index contributed by atoms with van der Waals surface area (Å²) >= 11 is 12.0. The fourth-order valence-corrected chi connectivity index (χ4v) is 4.28. The third-order valence-electron chi connectivity index (χ3n) is 3.95. The second-order valence-electron chi connectivity index (χ2n) is 7.10. The Morgan fingerprint density at radius 3 is 2.29 bits per heavy atom. The van der Waals surface area contributed by atoms with Crippen molar-refractivity contribution in [2.45, 2.75) is 37.6 Å². The van der Waals surface area contributed by atoms with Crippen molar-refractivity contribution < 1.29 is 18.3 Å². The molecule has 2 aromatic carbocycles. The van der Waals surface area contributed by atoms with Gasteiger partial charge in [-0.3, -0.25) is 9.52 Å². The Labute approximate surface area is 174 Å². The number of rotatable bonds is 7. The van der Waals surface area contributed by atoms with Gasteiger partial charge < -0.3 is 10.4 Å². The highest BCUT2D eigenvalue weighted by Crippen LogP contribution is 2.29. The summed E-state index contributed by atoms with van der Waals surface area (Å²) in [6, 6.07) is 9.23. The van der Waals surface area contributed by atoms with Gasteiger partial charge in [0.2, 0.25) is 5.91 Å². The monoisotopic (exact) mass is 444 g/mol. The number of nitrogens with one attached hydrogen (secondary N) is 2. The third kappa shape index (κ3) is 5.85. The van der Waals surface area contributed by atoms with Crippen LogP contribution in [-0.4, -0.2) is 31.6 Å². The van der Waals surface area contributed by atoms with Gasteiger partial charge in [-0.15, -0.1) is 0 Å². The lowest BCUT2D eigenvalue weighted by Gasteiger charge is -2.23.